The molecule has 9 nitrogen and oxygen atoms in total. The highest BCUT2D eigenvalue weighted by Gasteiger charge is 2.30. The summed E-state index contributed by atoms with van der Waals surface area (Å²) in [5, 5.41) is 5.60. The van der Waals surface area contributed by atoms with Crippen molar-refractivity contribution in [1.29, 1.82) is 0 Å². The predicted octanol–water partition coefficient (Wildman–Crippen LogP) is 1.97. The van der Waals surface area contributed by atoms with E-state index in [0.717, 1.165) is 5.56 Å². The standard InChI is InChI=1S/C26H40BN3O6S/c1-6-12-35-20-10-8-19(9-11-20)15-21(27-36-17-28)24(31)29-22(14-18(3)4)25(32)30-23(26(33)34-5)16-37-13-7-2/h6-11,18,21-23,27H,1-2,12-17,28H2,3-5H3,(H,29,31)(H,30,32)/t21-,22-,23-/m0/s1. The molecule has 0 aliphatic carbocycles. The summed E-state index contributed by atoms with van der Waals surface area (Å²) in [6.07, 6.45) is 4.15. The van der Waals surface area contributed by atoms with Gasteiger partial charge in [0.25, 0.3) is 7.48 Å². The van der Waals surface area contributed by atoms with E-state index in [9.17, 15) is 14.4 Å². The maximum atomic E-state index is 13.3. The largest absolute Gasteiger partial charge is 0.490 e. The first-order valence-corrected chi connectivity index (χ1v) is 13.4. The van der Waals surface area contributed by atoms with Crippen LogP contribution in [-0.2, 0) is 30.2 Å². The average molecular weight is 534 g/mol. The molecular formula is C26H40BN3O6S. The molecule has 0 radical (unpaired) electrons. The van der Waals surface area contributed by atoms with Crippen molar-refractivity contribution in [3.05, 3.63) is 55.1 Å². The number of nitrogens with two attached hydrogens (primary N) is 1. The summed E-state index contributed by atoms with van der Waals surface area (Å²) in [6, 6.07) is 5.72. The number of methoxy groups -OCH3 is 1. The van der Waals surface area contributed by atoms with E-state index < -0.39 is 29.8 Å². The molecule has 0 saturated heterocycles. The Morgan fingerprint density at radius 1 is 1.08 bits per heavy atom. The summed E-state index contributed by atoms with van der Waals surface area (Å²) in [7, 11) is 1.36. The number of hydrogen-bond donors (Lipinski definition) is 3. The number of rotatable bonds is 19. The molecule has 0 heterocycles. The third-order valence-electron chi connectivity index (χ3n) is 5.24. The van der Waals surface area contributed by atoms with Gasteiger partial charge >= 0.3 is 5.97 Å². The lowest BCUT2D eigenvalue weighted by Crippen LogP contribution is -2.53. The van der Waals surface area contributed by atoms with Gasteiger partial charge in [-0.1, -0.05) is 44.7 Å². The van der Waals surface area contributed by atoms with Crippen LogP contribution in [0.25, 0.3) is 0 Å². The zero-order valence-corrected chi connectivity index (χ0v) is 22.9. The van der Waals surface area contributed by atoms with Crippen molar-refractivity contribution in [2.75, 3.05) is 32.0 Å². The lowest BCUT2D eigenvalue weighted by molar-refractivity contribution is -0.144. The number of hydrogen-bond acceptors (Lipinski definition) is 8. The van der Waals surface area contributed by atoms with Gasteiger partial charge in [0.2, 0.25) is 11.8 Å². The van der Waals surface area contributed by atoms with E-state index in [2.05, 4.69) is 23.8 Å². The van der Waals surface area contributed by atoms with Crippen LogP contribution in [-0.4, -0.2) is 69.3 Å². The molecule has 0 aliphatic heterocycles. The van der Waals surface area contributed by atoms with Crippen LogP contribution in [0.4, 0.5) is 0 Å². The van der Waals surface area contributed by atoms with Crippen molar-refractivity contribution in [2.45, 2.75) is 44.6 Å². The van der Waals surface area contributed by atoms with Crippen molar-refractivity contribution in [3.8, 4) is 5.75 Å². The minimum Gasteiger partial charge on any atom is -0.490 e. The highest BCUT2D eigenvalue weighted by atomic mass is 32.2. The lowest BCUT2D eigenvalue weighted by Gasteiger charge is -2.25. The molecule has 1 aromatic rings. The molecule has 2 amide bonds. The molecule has 4 N–H and O–H groups in total. The molecule has 0 spiro atoms. The first-order chi connectivity index (χ1) is 17.7. The van der Waals surface area contributed by atoms with E-state index in [1.807, 2.05) is 38.1 Å². The third kappa shape index (κ3) is 12.9. The molecule has 0 fully saturated rings. The molecule has 0 aliphatic rings. The van der Waals surface area contributed by atoms with Crippen LogP contribution in [0.2, 0.25) is 5.82 Å². The predicted molar refractivity (Wildman–Crippen MR) is 150 cm³/mol. The molecule has 0 saturated carbocycles. The summed E-state index contributed by atoms with van der Waals surface area (Å²) in [4.78, 5) is 38.7. The van der Waals surface area contributed by atoms with Gasteiger partial charge in [-0.15, -0.1) is 6.58 Å². The van der Waals surface area contributed by atoms with Gasteiger partial charge in [-0.3, -0.25) is 9.59 Å². The van der Waals surface area contributed by atoms with Gasteiger partial charge in [0.15, 0.2) is 0 Å². The van der Waals surface area contributed by atoms with E-state index >= 15 is 0 Å². The second-order valence-electron chi connectivity index (χ2n) is 8.78. The van der Waals surface area contributed by atoms with Crippen LogP contribution in [0.1, 0.15) is 25.8 Å². The topological polar surface area (TPSA) is 129 Å². The van der Waals surface area contributed by atoms with Gasteiger partial charge in [0.1, 0.15) is 24.4 Å². The highest BCUT2D eigenvalue weighted by molar-refractivity contribution is 7.99. The highest BCUT2D eigenvalue weighted by Crippen LogP contribution is 2.19. The number of nitrogens with one attached hydrogen (secondary N) is 2. The van der Waals surface area contributed by atoms with Gasteiger partial charge in [0.05, 0.1) is 13.8 Å². The summed E-state index contributed by atoms with van der Waals surface area (Å²) in [6.45, 7) is 11.6. The number of benzene rings is 1. The minimum atomic E-state index is -0.841. The maximum Gasteiger partial charge on any atom is 0.329 e. The van der Waals surface area contributed by atoms with Crippen LogP contribution in [0.15, 0.2) is 49.6 Å². The fourth-order valence-corrected chi connectivity index (χ4v) is 4.20. The second kappa shape index (κ2) is 18.5. The number of carbonyl (C=O) groups excluding carboxylic acids is 3. The zero-order valence-electron chi connectivity index (χ0n) is 22.1. The molecule has 1 aromatic carbocycles. The fraction of sp³-hybridized carbons (Fsp3) is 0.500. The number of amides is 2. The smallest absolute Gasteiger partial charge is 0.329 e. The fourth-order valence-electron chi connectivity index (χ4n) is 3.44. The summed E-state index contributed by atoms with van der Waals surface area (Å²) in [5.41, 5.74) is 6.41. The number of thioether (sulfide) groups is 1. The van der Waals surface area contributed by atoms with Crippen LogP contribution >= 0.6 is 11.8 Å². The minimum absolute atomic E-state index is 0.0306. The van der Waals surface area contributed by atoms with Gasteiger partial charge in [-0.2, -0.15) is 11.8 Å². The molecular weight excluding hydrogens is 493 g/mol. The molecule has 0 aromatic heterocycles. The summed E-state index contributed by atoms with van der Waals surface area (Å²) >= 11 is 1.44. The Labute approximate surface area is 225 Å². The molecule has 37 heavy (non-hydrogen) atoms. The molecule has 0 bridgehead atoms. The number of ether oxygens (including phenoxy) is 2. The second-order valence-corrected chi connectivity index (χ2v) is 9.86. The molecule has 0 unspecified atom stereocenters. The van der Waals surface area contributed by atoms with Crippen LogP contribution in [0, 0.1) is 5.92 Å². The average Bonchev–Trinajstić information content (AvgIpc) is 2.88. The van der Waals surface area contributed by atoms with Gasteiger partial charge < -0.3 is 30.5 Å². The van der Waals surface area contributed by atoms with E-state index in [0.29, 0.717) is 36.7 Å². The summed E-state index contributed by atoms with van der Waals surface area (Å²) in [5.74, 6) is -0.144. The van der Waals surface area contributed by atoms with Gasteiger partial charge in [-0.05, 0) is 36.5 Å². The van der Waals surface area contributed by atoms with Gasteiger partial charge in [0, 0.05) is 17.3 Å². The van der Waals surface area contributed by atoms with Crippen molar-refractivity contribution in [2.24, 2.45) is 11.7 Å². The van der Waals surface area contributed by atoms with E-state index in [4.69, 9.17) is 19.9 Å². The Morgan fingerprint density at radius 2 is 1.76 bits per heavy atom. The third-order valence-corrected chi connectivity index (χ3v) is 6.28. The Morgan fingerprint density at radius 3 is 2.32 bits per heavy atom. The lowest BCUT2D eigenvalue weighted by atomic mass is 9.75. The van der Waals surface area contributed by atoms with Crippen LogP contribution in [0.5, 0.6) is 5.75 Å². The van der Waals surface area contributed by atoms with Crippen LogP contribution in [0.3, 0.4) is 0 Å². The van der Waals surface area contributed by atoms with E-state index in [1.54, 1.807) is 12.2 Å². The number of esters is 1. The van der Waals surface area contributed by atoms with Crippen molar-refractivity contribution < 1.29 is 28.5 Å². The van der Waals surface area contributed by atoms with Gasteiger partial charge in [-0.25, -0.2) is 4.79 Å². The van der Waals surface area contributed by atoms with Crippen LogP contribution < -0.4 is 21.1 Å². The van der Waals surface area contributed by atoms with Crippen molar-refractivity contribution in [3.63, 3.8) is 0 Å². The molecule has 11 heteroatoms. The first kappa shape index (κ1) is 32.3. The SMILES string of the molecule is C=CCOc1ccc(C[C@H](BOCN)C(=O)N[C@@H](CC(C)C)C(=O)N[C@@H](CSCC=C)C(=O)OC)cc1. The van der Waals surface area contributed by atoms with Crippen molar-refractivity contribution >= 4 is 37.0 Å². The molecule has 204 valence electrons. The Hall–Kier alpha value is -2.76. The Bertz CT molecular complexity index is 868. The van der Waals surface area contributed by atoms with Crippen molar-refractivity contribution in [1.82, 2.24) is 10.6 Å². The molecule has 1 rings (SSSR count). The van der Waals surface area contributed by atoms with E-state index in [-0.39, 0.29) is 26.0 Å². The monoisotopic (exact) mass is 533 g/mol. The number of carbonyl (C=O) groups is 3. The zero-order chi connectivity index (χ0) is 27.6. The summed E-state index contributed by atoms with van der Waals surface area (Å²) < 4.78 is 15.7. The first-order valence-electron chi connectivity index (χ1n) is 12.2. The quantitative estimate of drug-likeness (QED) is 0.0810. The maximum absolute atomic E-state index is 13.3. The molecule has 3 atom stereocenters. The Balaban J connectivity index is 2.97. The Kier molecular flexibility index (Phi) is 16.1. The van der Waals surface area contributed by atoms with E-state index in [1.165, 1.54) is 18.9 Å². The normalized spacial score (nSPS) is 13.1.